The van der Waals surface area contributed by atoms with Crippen LogP contribution < -0.4 is 10.2 Å². The van der Waals surface area contributed by atoms with Gasteiger partial charge in [-0.25, -0.2) is 0 Å². The Labute approximate surface area is 114 Å². The standard InChI is InChI=1S/C15H22N2O2/c1-18-14-9-17(10-15(14)19-2)13-7-3-6-12-11(13)5-4-8-16-12/h3,6-7,14-16H,4-5,8-10H2,1-2H3. The van der Waals surface area contributed by atoms with E-state index in [4.69, 9.17) is 9.47 Å². The number of hydrogen-bond donors (Lipinski definition) is 1. The van der Waals surface area contributed by atoms with Gasteiger partial charge in [-0.15, -0.1) is 0 Å². The summed E-state index contributed by atoms with van der Waals surface area (Å²) in [6.07, 6.45) is 2.69. The summed E-state index contributed by atoms with van der Waals surface area (Å²) >= 11 is 0. The van der Waals surface area contributed by atoms with Gasteiger partial charge < -0.3 is 19.7 Å². The van der Waals surface area contributed by atoms with Crippen molar-refractivity contribution in [1.82, 2.24) is 0 Å². The molecule has 1 aromatic rings. The van der Waals surface area contributed by atoms with Crippen LogP contribution in [0.25, 0.3) is 0 Å². The van der Waals surface area contributed by atoms with Crippen LogP contribution in [0.3, 0.4) is 0 Å². The first-order valence-electron chi connectivity index (χ1n) is 6.99. The van der Waals surface area contributed by atoms with E-state index in [1.807, 2.05) is 0 Å². The van der Waals surface area contributed by atoms with E-state index in [-0.39, 0.29) is 12.2 Å². The monoisotopic (exact) mass is 262 g/mol. The van der Waals surface area contributed by atoms with Crippen molar-refractivity contribution < 1.29 is 9.47 Å². The van der Waals surface area contributed by atoms with Crippen LogP contribution in [0, 0.1) is 0 Å². The molecule has 1 fully saturated rings. The molecule has 19 heavy (non-hydrogen) atoms. The normalized spacial score (nSPS) is 26.1. The van der Waals surface area contributed by atoms with Crippen molar-refractivity contribution in [3.05, 3.63) is 23.8 Å². The molecule has 2 aliphatic heterocycles. The van der Waals surface area contributed by atoms with Crippen LogP contribution in [-0.2, 0) is 15.9 Å². The molecule has 2 unspecified atom stereocenters. The molecule has 0 bridgehead atoms. The first-order chi connectivity index (χ1) is 9.33. The van der Waals surface area contributed by atoms with Gasteiger partial charge in [-0.05, 0) is 30.5 Å². The second kappa shape index (κ2) is 5.39. The molecule has 0 aromatic heterocycles. The fourth-order valence-corrected chi connectivity index (χ4v) is 3.18. The highest BCUT2D eigenvalue weighted by Crippen LogP contribution is 2.34. The second-order valence-corrected chi connectivity index (χ2v) is 5.29. The second-order valence-electron chi connectivity index (χ2n) is 5.29. The van der Waals surface area contributed by atoms with Crippen molar-refractivity contribution in [2.24, 2.45) is 0 Å². The summed E-state index contributed by atoms with van der Waals surface area (Å²) in [6, 6.07) is 6.53. The Kier molecular flexibility index (Phi) is 3.62. The maximum absolute atomic E-state index is 5.53. The molecular formula is C15H22N2O2. The molecule has 0 aliphatic carbocycles. The van der Waals surface area contributed by atoms with Gasteiger partial charge in [0, 0.05) is 45.2 Å². The SMILES string of the molecule is COC1CN(c2cccc3c2CCCN3)CC1OC. The molecule has 1 N–H and O–H groups in total. The van der Waals surface area contributed by atoms with Gasteiger partial charge in [0.1, 0.15) is 12.2 Å². The van der Waals surface area contributed by atoms with Gasteiger partial charge in [-0.2, -0.15) is 0 Å². The van der Waals surface area contributed by atoms with E-state index in [1.54, 1.807) is 14.2 Å². The topological polar surface area (TPSA) is 33.7 Å². The minimum absolute atomic E-state index is 0.164. The zero-order valence-corrected chi connectivity index (χ0v) is 11.7. The molecule has 104 valence electrons. The van der Waals surface area contributed by atoms with E-state index in [1.165, 1.54) is 23.4 Å². The van der Waals surface area contributed by atoms with E-state index in [9.17, 15) is 0 Å². The summed E-state index contributed by atoms with van der Waals surface area (Å²) in [5.41, 5.74) is 4.07. The number of hydrogen-bond acceptors (Lipinski definition) is 4. The quantitative estimate of drug-likeness (QED) is 0.902. The van der Waals surface area contributed by atoms with Crippen LogP contribution in [0.5, 0.6) is 0 Å². The van der Waals surface area contributed by atoms with Crippen LogP contribution in [0.15, 0.2) is 18.2 Å². The predicted octanol–water partition coefficient (Wildman–Crippen LogP) is 1.89. The highest BCUT2D eigenvalue weighted by atomic mass is 16.5. The number of nitrogens with zero attached hydrogens (tertiary/aromatic N) is 1. The molecule has 2 aliphatic rings. The third kappa shape index (κ3) is 2.30. The van der Waals surface area contributed by atoms with Gasteiger partial charge in [0.15, 0.2) is 0 Å². The molecule has 0 saturated carbocycles. The van der Waals surface area contributed by atoms with E-state index in [2.05, 4.69) is 28.4 Å². The summed E-state index contributed by atoms with van der Waals surface area (Å²) in [7, 11) is 3.53. The molecule has 2 atom stereocenters. The van der Waals surface area contributed by atoms with E-state index in [0.29, 0.717) is 0 Å². The molecule has 0 spiro atoms. The fourth-order valence-electron chi connectivity index (χ4n) is 3.18. The highest BCUT2D eigenvalue weighted by Gasteiger charge is 2.34. The van der Waals surface area contributed by atoms with Crippen molar-refractivity contribution in [3.8, 4) is 0 Å². The Balaban J connectivity index is 1.87. The zero-order chi connectivity index (χ0) is 13.2. The smallest absolute Gasteiger partial charge is 0.102 e. The Hall–Kier alpha value is -1.26. The van der Waals surface area contributed by atoms with Gasteiger partial charge in [-0.1, -0.05) is 6.07 Å². The van der Waals surface area contributed by atoms with Gasteiger partial charge in [-0.3, -0.25) is 0 Å². The average Bonchev–Trinajstić information content (AvgIpc) is 2.89. The summed E-state index contributed by atoms with van der Waals surface area (Å²) in [5, 5.41) is 3.49. The minimum atomic E-state index is 0.164. The van der Waals surface area contributed by atoms with Crippen LogP contribution in [0.1, 0.15) is 12.0 Å². The maximum Gasteiger partial charge on any atom is 0.102 e. The Morgan fingerprint density at radius 1 is 1.16 bits per heavy atom. The van der Waals surface area contributed by atoms with Crippen molar-refractivity contribution in [3.63, 3.8) is 0 Å². The Morgan fingerprint density at radius 2 is 1.89 bits per heavy atom. The van der Waals surface area contributed by atoms with Crippen molar-refractivity contribution in [2.45, 2.75) is 25.0 Å². The van der Waals surface area contributed by atoms with Crippen molar-refractivity contribution in [1.29, 1.82) is 0 Å². The molecule has 4 heteroatoms. The summed E-state index contributed by atoms with van der Waals surface area (Å²) in [5.74, 6) is 0. The lowest BCUT2D eigenvalue weighted by Crippen LogP contribution is -2.27. The first-order valence-corrected chi connectivity index (χ1v) is 6.99. The lowest BCUT2D eigenvalue weighted by Gasteiger charge is -2.26. The predicted molar refractivity (Wildman–Crippen MR) is 77.1 cm³/mol. The third-order valence-corrected chi connectivity index (χ3v) is 4.23. The minimum Gasteiger partial charge on any atom is -0.385 e. The van der Waals surface area contributed by atoms with Crippen molar-refractivity contribution >= 4 is 11.4 Å². The van der Waals surface area contributed by atoms with Crippen LogP contribution >= 0.6 is 0 Å². The lowest BCUT2D eigenvalue weighted by molar-refractivity contribution is -0.00461. The zero-order valence-electron chi connectivity index (χ0n) is 11.7. The number of fused-ring (bicyclic) bond motifs is 1. The maximum atomic E-state index is 5.53. The molecule has 0 amide bonds. The Bertz CT molecular complexity index is 438. The summed E-state index contributed by atoms with van der Waals surface area (Å²) in [4.78, 5) is 2.40. The molecule has 2 heterocycles. The number of anilines is 2. The number of rotatable bonds is 3. The number of ether oxygens (including phenoxy) is 2. The van der Waals surface area contributed by atoms with E-state index in [0.717, 1.165) is 26.1 Å². The van der Waals surface area contributed by atoms with Gasteiger partial charge >= 0.3 is 0 Å². The summed E-state index contributed by atoms with van der Waals surface area (Å²) in [6.45, 7) is 2.90. The van der Waals surface area contributed by atoms with E-state index < -0.39 is 0 Å². The van der Waals surface area contributed by atoms with Crippen LogP contribution in [0.2, 0.25) is 0 Å². The van der Waals surface area contributed by atoms with Gasteiger partial charge in [0.25, 0.3) is 0 Å². The first kappa shape index (κ1) is 12.8. The average molecular weight is 262 g/mol. The molecule has 1 aromatic carbocycles. The molecule has 0 radical (unpaired) electrons. The fraction of sp³-hybridized carbons (Fsp3) is 0.600. The van der Waals surface area contributed by atoms with Crippen LogP contribution in [0.4, 0.5) is 11.4 Å². The number of methoxy groups -OCH3 is 2. The molecule has 3 rings (SSSR count). The number of nitrogens with one attached hydrogen (secondary N) is 1. The summed E-state index contributed by atoms with van der Waals surface area (Å²) < 4.78 is 11.1. The number of benzene rings is 1. The van der Waals surface area contributed by atoms with Gasteiger partial charge in [0.05, 0.1) is 0 Å². The highest BCUT2D eigenvalue weighted by molar-refractivity contribution is 5.68. The molecular weight excluding hydrogens is 240 g/mol. The third-order valence-electron chi connectivity index (χ3n) is 4.23. The van der Waals surface area contributed by atoms with Crippen LogP contribution in [-0.4, -0.2) is 46.1 Å². The molecule has 1 saturated heterocycles. The van der Waals surface area contributed by atoms with Gasteiger partial charge in [0.2, 0.25) is 0 Å². The molecule has 4 nitrogen and oxygen atoms in total. The largest absolute Gasteiger partial charge is 0.385 e. The van der Waals surface area contributed by atoms with Crippen molar-refractivity contribution in [2.75, 3.05) is 44.1 Å². The lowest BCUT2D eigenvalue weighted by atomic mass is 10.0. The van der Waals surface area contributed by atoms with E-state index >= 15 is 0 Å². The Morgan fingerprint density at radius 3 is 2.58 bits per heavy atom.